The van der Waals surface area contributed by atoms with Crippen molar-refractivity contribution in [3.8, 4) is 5.75 Å². The van der Waals surface area contributed by atoms with Crippen molar-refractivity contribution >= 4 is 52.8 Å². The number of nitrogens with zero attached hydrogens (tertiary/aromatic N) is 1. The number of benzene rings is 2. The molecular weight excluding hydrogens is 443 g/mol. The number of nitrogens with one attached hydrogen (secondary N) is 3. The summed E-state index contributed by atoms with van der Waals surface area (Å²) < 4.78 is 5.47. The summed E-state index contributed by atoms with van der Waals surface area (Å²) in [5, 5.41) is 9.70. The second-order valence-corrected chi connectivity index (χ2v) is 7.25. The number of hydrogen-bond donors (Lipinski definition) is 3. The molecule has 2 aromatic rings. The van der Waals surface area contributed by atoms with E-state index in [0.29, 0.717) is 33.6 Å². The molecule has 10 heteroatoms. The fraction of sp³-hybridized carbons (Fsp3) is 0.238. The number of hydrogen-bond acceptors (Lipinski definition) is 5. The van der Waals surface area contributed by atoms with Gasteiger partial charge in [0.05, 0.1) is 6.21 Å². The summed E-state index contributed by atoms with van der Waals surface area (Å²) in [5.74, 6) is -1.56. The molecule has 0 fully saturated rings. The first-order chi connectivity index (χ1) is 14.9. The van der Waals surface area contributed by atoms with Crippen LogP contribution >= 0.6 is 23.2 Å². The number of rotatable bonds is 9. The topological polar surface area (TPSA) is 109 Å². The lowest BCUT2D eigenvalue weighted by molar-refractivity contribution is -0.139. The van der Waals surface area contributed by atoms with Gasteiger partial charge in [-0.1, -0.05) is 48.7 Å². The van der Waals surface area contributed by atoms with E-state index in [-0.39, 0.29) is 6.61 Å². The third kappa shape index (κ3) is 9.06. The average molecular weight is 465 g/mol. The molecule has 2 rings (SSSR count). The Morgan fingerprint density at radius 1 is 1.06 bits per heavy atom. The van der Waals surface area contributed by atoms with Crippen molar-refractivity contribution in [3.63, 3.8) is 0 Å². The highest BCUT2D eigenvalue weighted by atomic mass is 35.5. The summed E-state index contributed by atoms with van der Waals surface area (Å²) >= 11 is 11.8. The van der Waals surface area contributed by atoms with Gasteiger partial charge < -0.3 is 15.4 Å². The van der Waals surface area contributed by atoms with Crippen molar-refractivity contribution < 1.29 is 19.1 Å². The van der Waals surface area contributed by atoms with E-state index in [1.54, 1.807) is 42.5 Å². The third-order valence-corrected chi connectivity index (χ3v) is 4.21. The maximum absolute atomic E-state index is 12.1. The van der Waals surface area contributed by atoms with Gasteiger partial charge in [-0.2, -0.15) is 5.10 Å². The van der Waals surface area contributed by atoms with Crippen molar-refractivity contribution in [2.45, 2.75) is 19.8 Å². The summed E-state index contributed by atoms with van der Waals surface area (Å²) in [7, 11) is 0. The van der Waals surface area contributed by atoms with Crippen LogP contribution in [0.25, 0.3) is 0 Å². The smallest absolute Gasteiger partial charge is 0.329 e. The first kappa shape index (κ1) is 24.2. The highest BCUT2D eigenvalue weighted by Gasteiger charge is 2.11. The van der Waals surface area contributed by atoms with Crippen LogP contribution in [0.2, 0.25) is 10.0 Å². The van der Waals surface area contributed by atoms with Crippen LogP contribution in [-0.2, 0) is 14.4 Å². The fourth-order valence-corrected chi connectivity index (χ4v) is 2.86. The van der Waals surface area contributed by atoms with E-state index >= 15 is 0 Å². The van der Waals surface area contributed by atoms with E-state index in [4.69, 9.17) is 27.9 Å². The maximum atomic E-state index is 12.1. The van der Waals surface area contributed by atoms with Crippen molar-refractivity contribution in [1.82, 2.24) is 10.7 Å². The lowest BCUT2D eigenvalue weighted by atomic mass is 10.2. The van der Waals surface area contributed by atoms with E-state index in [9.17, 15) is 14.4 Å². The molecule has 0 aromatic heterocycles. The second kappa shape index (κ2) is 12.6. The number of ether oxygens (including phenoxy) is 1. The molecule has 0 heterocycles. The minimum absolute atomic E-state index is 0.237. The molecule has 0 aliphatic carbocycles. The molecule has 8 nitrogen and oxygen atoms in total. The van der Waals surface area contributed by atoms with Crippen LogP contribution in [-0.4, -0.2) is 37.1 Å². The molecule has 3 N–H and O–H groups in total. The third-order valence-electron chi connectivity index (χ3n) is 3.78. The van der Waals surface area contributed by atoms with Gasteiger partial charge in [-0.3, -0.25) is 14.4 Å². The molecule has 2 aromatic carbocycles. The molecule has 0 radical (unpaired) electrons. The molecular formula is C21H22Cl2N4O4. The van der Waals surface area contributed by atoms with Crippen LogP contribution in [0.1, 0.15) is 25.3 Å². The molecule has 0 saturated heterocycles. The SMILES string of the molecule is CCCCNC(=O)C(=O)N/N=C\c1cccc(OCC(=O)Nc2cc(Cl)cc(Cl)c2)c1. The standard InChI is InChI=1S/C21H22Cl2N4O4/c1-2-3-7-24-20(29)21(30)27-25-12-14-5-4-6-18(8-14)31-13-19(28)26-17-10-15(22)9-16(23)11-17/h4-6,8-12H,2-3,7,13H2,1H3,(H,24,29)(H,26,28)(H,27,30)/b25-12-. The van der Waals surface area contributed by atoms with Gasteiger partial charge >= 0.3 is 11.8 Å². The summed E-state index contributed by atoms with van der Waals surface area (Å²) in [4.78, 5) is 35.3. The zero-order chi connectivity index (χ0) is 22.6. The lowest BCUT2D eigenvalue weighted by Crippen LogP contribution is -2.38. The number of carbonyl (C=O) groups excluding carboxylic acids is 3. The Balaban J connectivity index is 1.83. The van der Waals surface area contributed by atoms with Gasteiger partial charge in [-0.15, -0.1) is 0 Å². The fourth-order valence-electron chi connectivity index (χ4n) is 2.33. The predicted octanol–water partition coefficient (Wildman–Crippen LogP) is 3.38. The number of hydrazone groups is 1. The maximum Gasteiger partial charge on any atom is 0.329 e. The van der Waals surface area contributed by atoms with Crippen LogP contribution < -0.4 is 20.8 Å². The first-order valence-electron chi connectivity index (χ1n) is 9.47. The molecule has 0 bridgehead atoms. The van der Waals surface area contributed by atoms with Crippen LogP contribution in [0.3, 0.4) is 0 Å². The summed E-state index contributed by atoms with van der Waals surface area (Å²) in [5.41, 5.74) is 3.22. The zero-order valence-electron chi connectivity index (χ0n) is 16.8. The second-order valence-electron chi connectivity index (χ2n) is 6.38. The molecule has 31 heavy (non-hydrogen) atoms. The highest BCUT2D eigenvalue weighted by molar-refractivity contribution is 6.35. The van der Waals surface area contributed by atoms with Crippen LogP contribution in [0, 0.1) is 0 Å². The van der Waals surface area contributed by atoms with Crippen molar-refractivity contribution in [1.29, 1.82) is 0 Å². The minimum atomic E-state index is -0.849. The Labute approximate surface area is 189 Å². The van der Waals surface area contributed by atoms with E-state index in [1.165, 1.54) is 6.21 Å². The monoisotopic (exact) mass is 464 g/mol. The molecule has 164 valence electrons. The first-order valence-corrected chi connectivity index (χ1v) is 10.2. The summed E-state index contributed by atoms with van der Waals surface area (Å²) in [6.07, 6.45) is 3.06. The van der Waals surface area contributed by atoms with Crippen molar-refractivity contribution in [2.75, 3.05) is 18.5 Å². The molecule has 0 unspecified atom stereocenters. The average Bonchev–Trinajstić information content (AvgIpc) is 2.72. The van der Waals surface area contributed by atoms with E-state index in [0.717, 1.165) is 12.8 Å². The molecule has 0 saturated carbocycles. The number of amides is 3. The van der Waals surface area contributed by atoms with Gasteiger partial charge in [0.15, 0.2) is 6.61 Å². The number of unbranched alkanes of at least 4 members (excludes halogenated alkanes) is 1. The Morgan fingerprint density at radius 2 is 1.81 bits per heavy atom. The zero-order valence-corrected chi connectivity index (χ0v) is 18.3. The molecule has 0 aliphatic rings. The van der Waals surface area contributed by atoms with Gasteiger partial charge in [0.1, 0.15) is 5.75 Å². The Morgan fingerprint density at radius 3 is 2.52 bits per heavy atom. The van der Waals surface area contributed by atoms with Gasteiger partial charge in [-0.25, -0.2) is 5.43 Å². The van der Waals surface area contributed by atoms with Gasteiger partial charge in [0.25, 0.3) is 5.91 Å². The van der Waals surface area contributed by atoms with E-state index in [2.05, 4.69) is 21.2 Å². The number of carbonyl (C=O) groups is 3. The number of anilines is 1. The molecule has 0 atom stereocenters. The molecule has 3 amide bonds. The normalized spacial score (nSPS) is 10.5. The highest BCUT2D eigenvalue weighted by Crippen LogP contribution is 2.22. The largest absolute Gasteiger partial charge is 0.484 e. The molecule has 0 spiro atoms. The Hall–Kier alpha value is -3.10. The van der Waals surface area contributed by atoms with Gasteiger partial charge in [0.2, 0.25) is 0 Å². The van der Waals surface area contributed by atoms with Crippen molar-refractivity contribution in [2.24, 2.45) is 5.10 Å². The number of halogens is 2. The van der Waals surface area contributed by atoms with E-state index in [1.807, 2.05) is 6.92 Å². The van der Waals surface area contributed by atoms with Crippen LogP contribution in [0.5, 0.6) is 5.75 Å². The van der Waals surface area contributed by atoms with Crippen LogP contribution in [0.15, 0.2) is 47.6 Å². The predicted molar refractivity (Wildman–Crippen MR) is 121 cm³/mol. The Bertz CT molecular complexity index is 946. The van der Waals surface area contributed by atoms with E-state index < -0.39 is 17.7 Å². The summed E-state index contributed by atoms with van der Waals surface area (Å²) in [6, 6.07) is 11.4. The molecule has 0 aliphatic heterocycles. The quantitative estimate of drug-likeness (QED) is 0.228. The van der Waals surface area contributed by atoms with Gasteiger partial charge in [-0.05, 0) is 42.3 Å². The van der Waals surface area contributed by atoms with Gasteiger partial charge in [0, 0.05) is 22.3 Å². The van der Waals surface area contributed by atoms with Crippen molar-refractivity contribution in [3.05, 3.63) is 58.1 Å². The Kier molecular flexibility index (Phi) is 9.80. The summed E-state index contributed by atoms with van der Waals surface area (Å²) in [6.45, 7) is 2.18. The van der Waals surface area contributed by atoms with Crippen LogP contribution in [0.4, 0.5) is 5.69 Å². The minimum Gasteiger partial charge on any atom is -0.484 e. The lowest BCUT2D eigenvalue weighted by Gasteiger charge is -2.08.